The second kappa shape index (κ2) is 10.4. The second-order valence-electron chi connectivity index (χ2n) is 6.46. The van der Waals surface area contributed by atoms with Gasteiger partial charge in [-0.05, 0) is 16.7 Å². The van der Waals surface area contributed by atoms with Crippen LogP contribution in [0.15, 0.2) is 54.6 Å². The van der Waals surface area contributed by atoms with Gasteiger partial charge in [-0.3, -0.25) is 9.69 Å². The van der Waals surface area contributed by atoms with Gasteiger partial charge in [0.25, 0.3) is 0 Å². The maximum atomic E-state index is 12.1. The number of benzene rings is 2. The Morgan fingerprint density at radius 3 is 2.54 bits per heavy atom. The van der Waals surface area contributed by atoms with E-state index in [-0.39, 0.29) is 5.91 Å². The Bertz CT molecular complexity index is 687. The number of hydrogen-bond donors (Lipinski definition) is 1. The lowest BCUT2D eigenvalue weighted by molar-refractivity contribution is -0.118. The summed E-state index contributed by atoms with van der Waals surface area (Å²) in [5.74, 6) is 1.44. The first-order chi connectivity index (χ1) is 12.8. The Balaban J connectivity index is 1.39. The van der Waals surface area contributed by atoms with E-state index in [0.29, 0.717) is 12.3 Å². The van der Waals surface area contributed by atoms with Crippen LogP contribution in [-0.2, 0) is 28.4 Å². The van der Waals surface area contributed by atoms with Gasteiger partial charge in [-0.15, -0.1) is 11.8 Å². The average Bonchev–Trinajstić information content (AvgIpc) is 2.68. The lowest BCUT2D eigenvalue weighted by atomic mass is 10.1. The molecule has 2 aromatic rings. The lowest BCUT2D eigenvalue weighted by Crippen LogP contribution is -2.35. The van der Waals surface area contributed by atoms with Crippen molar-refractivity contribution in [2.45, 2.75) is 18.8 Å². The summed E-state index contributed by atoms with van der Waals surface area (Å²) < 4.78 is 5.40. The molecule has 1 fully saturated rings. The molecule has 1 aliphatic rings. The number of rotatable bonds is 8. The van der Waals surface area contributed by atoms with E-state index in [1.807, 2.05) is 18.2 Å². The SMILES string of the molecule is O=C(CSCc1ccccc1)NCc1cccc(CN2CCOCC2)c1. The van der Waals surface area contributed by atoms with Gasteiger partial charge < -0.3 is 10.1 Å². The largest absolute Gasteiger partial charge is 0.379 e. The van der Waals surface area contributed by atoms with E-state index in [1.54, 1.807) is 11.8 Å². The number of carbonyl (C=O) groups excluding carboxylic acids is 1. The van der Waals surface area contributed by atoms with Crippen molar-refractivity contribution in [1.29, 1.82) is 0 Å². The Morgan fingerprint density at radius 1 is 1.00 bits per heavy atom. The van der Waals surface area contributed by atoms with Crippen molar-refractivity contribution in [3.63, 3.8) is 0 Å². The number of carbonyl (C=O) groups is 1. The van der Waals surface area contributed by atoms with Crippen LogP contribution in [-0.4, -0.2) is 42.9 Å². The highest BCUT2D eigenvalue weighted by molar-refractivity contribution is 7.99. The van der Waals surface area contributed by atoms with Gasteiger partial charge >= 0.3 is 0 Å². The molecule has 138 valence electrons. The molecule has 0 radical (unpaired) electrons. The first-order valence-electron chi connectivity index (χ1n) is 9.06. The van der Waals surface area contributed by atoms with Crippen molar-refractivity contribution in [1.82, 2.24) is 10.2 Å². The molecule has 26 heavy (non-hydrogen) atoms. The molecule has 1 amide bonds. The Labute approximate surface area is 159 Å². The molecule has 0 bridgehead atoms. The van der Waals surface area contributed by atoms with Gasteiger partial charge in [-0.1, -0.05) is 54.6 Å². The zero-order valence-electron chi connectivity index (χ0n) is 15.0. The maximum Gasteiger partial charge on any atom is 0.230 e. The first kappa shape index (κ1) is 19.0. The molecular weight excluding hydrogens is 344 g/mol. The number of ether oxygens (including phenoxy) is 1. The van der Waals surface area contributed by atoms with Crippen molar-refractivity contribution < 1.29 is 9.53 Å². The van der Waals surface area contributed by atoms with E-state index in [0.717, 1.165) is 44.2 Å². The van der Waals surface area contributed by atoms with Gasteiger partial charge in [-0.25, -0.2) is 0 Å². The molecule has 0 aliphatic carbocycles. The normalized spacial score (nSPS) is 14.9. The maximum absolute atomic E-state index is 12.1. The standard InChI is InChI=1S/C21H26N2O2S/c24-21(17-26-16-18-5-2-1-3-6-18)22-14-19-7-4-8-20(13-19)15-23-9-11-25-12-10-23/h1-8,13H,9-12,14-17H2,(H,22,24). The van der Waals surface area contributed by atoms with Crippen LogP contribution in [0, 0.1) is 0 Å². The fourth-order valence-corrected chi connectivity index (χ4v) is 3.76. The Hall–Kier alpha value is -1.82. The van der Waals surface area contributed by atoms with E-state index in [2.05, 4.69) is 46.6 Å². The summed E-state index contributed by atoms with van der Waals surface area (Å²) in [5, 5.41) is 3.02. The third-order valence-electron chi connectivity index (χ3n) is 4.34. The topological polar surface area (TPSA) is 41.6 Å². The van der Waals surface area contributed by atoms with Gasteiger partial charge in [0, 0.05) is 31.9 Å². The molecule has 4 nitrogen and oxygen atoms in total. The third-order valence-corrected chi connectivity index (χ3v) is 5.34. The summed E-state index contributed by atoms with van der Waals surface area (Å²) in [6, 6.07) is 18.7. The molecule has 0 unspecified atom stereocenters. The zero-order valence-corrected chi connectivity index (χ0v) is 15.8. The minimum atomic E-state index is 0.0875. The van der Waals surface area contributed by atoms with Crippen molar-refractivity contribution >= 4 is 17.7 Å². The van der Waals surface area contributed by atoms with Gasteiger partial charge in [0.2, 0.25) is 5.91 Å². The number of amides is 1. The van der Waals surface area contributed by atoms with Gasteiger partial charge in [0.1, 0.15) is 0 Å². The highest BCUT2D eigenvalue weighted by Gasteiger charge is 2.11. The van der Waals surface area contributed by atoms with Gasteiger partial charge in [0.05, 0.1) is 19.0 Å². The number of nitrogens with zero attached hydrogens (tertiary/aromatic N) is 1. The van der Waals surface area contributed by atoms with E-state index >= 15 is 0 Å². The summed E-state index contributed by atoms with van der Waals surface area (Å²) in [7, 11) is 0. The summed E-state index contributed by atoms with van der Waals surface area (Å²) in [5.41, 5.74) is 3.69. The van der Waals surface area contributed by atoms with Crippen LogP contribution in [0.25, 0.3) is 0 Å². The zero-order chi connectivity index (χ0) is 18.0. The van der Waals surface area contributed by atoms with E-state index in [9.17, 15) is 4.79 Å². The van der Waals surface area contributed by atoms with Crippen molar-refractivity contribution in [2.75, 3.05) is 32.1 Å². The monoisotopic (exact) mass is 370 g/mol. The fraction of sp³-hybridized carbons (Fsp3) is 0.381. The average molecular weight is 371 g/mol. The van der Waals surface area contributed by atoms with E-state index in [4.69, 9.17) is 4.74 Å². The molecule has 5 heteroatoms. The number of thioether (sulfide) groups is 1. The molecule has 0 aromatic heterocycles. The molecule has 0 saturated carbocycles. The minimum absolute atomic E-state index is 0.0875. The highest BCUT2D eigenvalue weighted by Crippen LogP contribution is 2.12. The molecule has 1 N–H and O–H groups in total. The van der Waals surface area contributed by atoms with Gasteiger partial charge in [0.15, 0.2) is 0 Å². The molecule has 3 rings (SSSR count). The summed E-state index contributed by atoms with van der Waals surface area (Å²) >= 11 is 1.65. The fourth-order valence-electron chi connectivity index (χ4n) is 2.94. The molecule has 1 heterocycles. The Kier molecular flexibility index (Phi) is 7.55. The van der Waals surface area contributed by atoms with E-state index < -0.39 is 0 Å². The van der Waals surface area contributed by atoms with Crippen molar-refractivity contribution in [3.8, 4) is 0 Å². The van der Waals surface area contributed by atoms with E-state index in [1.165, 1.54) is 11.1 Å². The summed E-state index contributed by atoms with van der Waals surface area (Å²) in [6.07, 6.45) is 0. The molecular formula is C21H26N2O2S. The lowest BCUT2D eigenvalue weighted by Gasteiger charge is -2.26. The Morgan fingerprint density at radius 2 is 1.73 bits per heavy atom. The first-order valence-corrected chi connectivity index (χ1v) is 10.2. The predicted octanol–water partition coefficient (Wildman–Crippen LogP) is 3.07. The predicted molar refractivity (Wildman–Crippen MR) is 107 cm³/mol. The van der Waals surface area contributed by atoms with Crippen LogP contribution in [0.4, 0.5) is 0 Å². The van der Waals surface area contributed by atoms with Crippen LogP contribution in [0.1, 0.15) is 16.7 Å². The quantitative estimate of drug-likeness (QED) is 0.775. The minimum Gasteiger partial charge on any atom is -0.379 e. The van der Waals surface area contributed by atoms with Crippen LogP contribution in [0.3, 0.4) is 0 Å². The van der Waals surface area contributed by atoms with Gasteiger partial charge in [-0.2, -0.15) is 0 Å². The molecule has 0 spiro atoms. The van der Waals surface area contributed by atoms with Crippen LogP contribution in [0.5, 0.6) is 0 Å². The molecule has 1 aliphatic heterocycles. The van der Waals surface area contributed by atoms with Crippen molar-refractivity contribution in [3.05, 3.63) is 71.3 Å². The van der Waals surface area contributed by atoms with Crippen LogP contribution >= 0.6 is 11.8 Å². The summed E-state index contributed by atoms with van der Waals surface area (Å²) in [6.45, 7) is 5.13. The third kappa shape index (κ3) is 6.48. The molecule has 1 saturated heterocycles. The number of morpholine rings is 1. The number of nitrogens with one attached hydrogen (secondary N) is 1. The highest BCUT2D eigenvalue weighted by atomic mass is 32.2. The second-order valence-corrected chi connectivity index (χ2v) is 7.45. The number of hydrogen-bond acceptors (Lipinski definition) is 4. The van der Waals surface area contributed by atoms with Crippen LogP contribution in [0.2, 0.25) is 0 Å². The summed E-state index contributed by atoms with van der Waals surface area (Å²) in [4.78, 5) is 14.5. The molecule has 2 aromatic carbocycles. The van der Waals surface area contributed by atoms with Crippen molar-refractivity contribution in [2.24, 2.45) is 0 Å². The van der Waals surface area contributed by atoms with Crippen LogP contribution < -0.4 is 5.32 Å². The molecule has 0 atom stereocenters. The smallest absolute Gasteiger partial charge is 0.230 e.